The molecule has 0 radical (unpaired) electrons. The number of hydrogen-bond acceptors (Lipinski definition) is 2. The largest absolute Gasteiger partial charge is 0.488 e. The van der Waals surface area contributed by atoms with Crippen LogP contribution < -0.4 is 9.47 Å². The Labute approximate surface area is 151 Å². The Hall–Kier alpha value is -3.26. The van der Waals surface area contributed by atoms with Crippen molar-refractivity contribution in [1.29, 1.82) is 0 Å². The molecule has 2 nitrogen and oxygen atoms in total. The van der Waals surface area contributed by atoms with Gasteiger partial charge in [0.05, 0.1) is 0 Å². The second-order valence-electron chi connectivity index (χ2n) is 6.90. The van der Waals surface area contributed by atoms with Crippen LogP contribution in [0.25, 0.3) is 33.0 Å². The van der Waals surface area contributed by atoms with E-state index in [1.165, 1.54) is 44.2 Å². The molecule has 2 heterocycles. The first-order valence-electron chi connectivity index (χ1n) is 8.91. The van der Waals surface area contributed by atoms with Gasteiger partial charge in [0.15, 0.2) is 0 Å². The van der Waals surface area contributed by atoms with Crippen LogP contribution in [0.3, 0.4) is 0 Å². The van der Waals surface area contributed by atoms with Crippen molar-refractivity contribution in [3.63, 3.8) is 0 Å². The molecule has 0 saturated heterocycles. The summed E-state index contributed by atoms with van der Waals surface area (Å²) >= 11 is 0. The van der Waals surface area contributed by atoms with E-state index in [1.54, 1.807) is 0 Å². The Morgan fingerprint density at radius 2 is 1.27 bits per heavy atom. The molecule has 0 aliphatic carbocycles. The van der Waals surface area contributed by atoms with Gasteiger partial charge < -0.3 is 9.47 Å². The molecule has 0 saturated carbocycles. The first kappa shape index (κ1) is 14.0. The molecule has 0 aromatic heterocycles. The van der Waals surface area contributed by atoms with Crippen LogP contribution in [-0.4, -0.2) is 0 Å². The number of benzene rings is 4. The van der Waals surface area contributed by atoms with Gasteiger partial charge in [0, 0.05) is 11.1 Å². The molecule has 0 atom stereocenters. The minimum Gasteiger partial charge on any atom is -0.488 e. The fourth-order valence-electron chi connectivity index (χ4n) is 4.17. The van der Waals surface area contributed by atoms with Crippen LogP contribution >= 0.6 is 0 Å². The van der Waals surface area contributed by atoms with Crippen molar-refractivity contribution in [3.05, 3.63) is 83.9 Å². The molecule has 6 rings (SSSR count). The molecule has 4 aromatic carbocycles. The van der Waals surface area contributed by atoms with E-state index < -0.39 is 0 Å². The number of hydrogen-bond donors (Lipinski definition) is 0. The Balaban J connectivity index is 1.67. The number of fused-ring (bicyclic) bond motifs is 8. The Morgan fingerprint density at radius 1 is 0.577 bits per heavy atom. The average molecular weight is 336 g/mol. The second kappa shape index (κ2) is 5.12. The van der Waals surface area contributed by atoms with Crippen molar-refractivity contribution in [1.82, 2.24) is 0 Å². The fraction of sp³-hybridized carbons (Fsp3) is 0.0833. The lowest BCUT2D eigenvalue weighted by atomic mass is 9.89. The molecule has 0 N–H and O–H groups in total. The van der Waals surface area contributed by atoms with Gasteiger partial charge in [-0.05, 0) is 51.2 Å². The lowest BCUT2D eigenvalue weighted by Gasteiger charge is -2.25. The lowest BCUT2D eigenvalue weighted by molar-refractivity contribution is 0.301. The van der Waals surface area contributed by atoms with Crippen molar-refractivity contribution in [3.8, 4) is 33.8 Å². The van der Waals surface area contributed by atoms with Gasteiger partial charge in [-0.3, -0.25) is 0 Å². The minimum absolute atomic E-state index is 0.622. The summed E-state index contributed by atoms with van der Waals surface area (Å²) in [6, 6.07) is 25.7. The molecule has 4 aromatic rings. The Bertz CT molecular complexity index is 1190. The molecule has 2 aliphatic heterocycles. The summed E-state index contributed by atoms with van der Waals surface area (Å²) in [5, 5.41) is 2.40. The van der Waals surface area contributed by atoms with Gasteiger partial charge in [-0.25, -0.2) is 0 Å². The Kier molecular flexibility index (Phi) is 2.75. The van der Waals surface area contributed by atoms with Gasteiger partial charge in [-0.15, -0.1) is 0 Å². The first-order chi connectivity index (χ1) is 12.9. The quantitative estimate of drug-likeness (QED) is 0.394. The number of rotatable bonds is 0. The van der Waals surface area contributed by atoms with E-state index >= 15 is 0 Å². The van der Waals surface area contributed by atoms with E-state index in [-0.39, 0.29) is 0 Å². The normalized spacial score (nSPS) is 13.7. The maximum absolute atomic E-state index is 6.10. The monoisotopic (exact) mass is 336 g/mol. The molecule has 2 heteroatoms. The number of ether oxygens (including phenoxy) is 2. The summed E-state index contributed by atoms with van der Waals surface area (Å²) in [5.74, 6) is 1.90. The summed E-state index contributed by atoms with van der Waals surface area (Å²) in [7, 11) is 0. The summed E-state index contributed by atoms with van der Waals surface area (Å²) in [6.45, 7) is 1.25. The zero-order valence-electron chi connectivity index (χ0n) is 14.2. The lowest BCUT2D eigenvalue weighted by Crippen LogP contribution is -2.07. The van der Waals surface area contributed by atoms with Crippen LogP contribution in [0.5, 0.6) is 11.5 Å². The summed E-state index contributed by atoms with van der Waals surface area (Å²) in [5.41, 5.74) is 7.35. The van der Waals surface area contributed by atoms with Gasteiger partial charge in [-0.1, -0.05) is 54.6 Å². The van der Waals surface area contributed by atoms with Crippen LogP contribution in [0.4, 0.5) is 0 Å². The van der Waals surface area contributed by atoms with Crippen LogP contribution in [0.1, 0.15) is 11.1 Å². The summed E-state index contributed by atoms with van der Waals surface area (Å²) in [6.07, 6.45) is 0. The maximum atomic E-state index is 6.10. The van der Waals surface area contributed by atoms with E-state index in [4.69, 9.17) is 9.47 Å². The van der Waals surface area contributed by atoms with E-state index in [1.807, 2.05) is 0 Å². The van der Waals surface area contributed by atoms with Crippen molar-refractivity contribution in [2.45, 2.75) is 13.2 Å². The maximum Gasteiger partial charge on any atom is 0.128 e. The van der Waals surface area contributed by atoms with Gasteiger partial charge in [0.2, 0.25) is 0 Å². The highest BCUT2D eigenvalue weighted by molar-refractivity contribution is 6.04. The van der Waals surface area contributed by atoms with Crippen molar-refractivity contribution in [2.75, 3.05) is 0 Å². The van der Waals surface area contributed by atoms with E-state index in [9.17, 15) is 0 Å². The third-order valence-corrected chi connectivity index (χ3v) is 5.44. The van der Waals surface area contributed by atoms with Gasteiger partial charge in [0.25, 0.3) is 0 Å². The molecule has 0 fully saturated rings. The minimum atomic E-state index is 0.622. The van der Waals surface area contributed by atoms with E-state index in [2.05, 4.69) is 72.8 Å². The molecule has 124 valence electrons. The predicted octanol–water partition coefficient (Wildman–Crippen LogP) is 5.96. The van der Waals surface area contributed by atoms with E-state index in [0.717, 1.165) is 11.5 Å². The highest BCUT2D eigenvalue weighted by Gasteiger charge is 2.23. The van der Waals surface area contributed by atoms with Crippen LogP contribution in [0.15, 0.2) is 72.8 Å². The molecule has 26 heavy (non-hydrogen) atoms. The zero-order chi connectivity index (χ0) is 17.1. The van der Waals surface area contributed by atoms with Crippen molar-refractivity contribution >= 4 is 10.8 Å². The fourth-order valence-corrected chi connectivity index (χ4v) is 4.17. The Morgan fingerprint density at radius 3 is 2.12 bits per heavy atom. The molecule has 0 amide bonds. The highest BCUT2D eigenvalue weighted by atomic mass is 16.5. The van der Waals surface area contributed by atoms with Gasteiger partial charge in [-0.2, -0.15) is 0 Å². The highest BCUT2D eigenvalue weighted by Crippen LogP contribution is 2.46. The van der Waals surface area contributed by atoms with Gasteiger partial charge in [0.1, 0.15) is 24.7 Å². The molecule has 0 unspecified atom stereocenters. The summed E-state index contributed by atoms with van der Waals surface area (Å²) < 4.78 is 12.1. The van der Waals surface area contributed by atoms with Crippen LogP contribution in [0, 0.1) is 0 Å². The van der Waals surface area contributed by atoms with Crippen molar-refractivity contribution in [2.24, 2.45) is 0 Å². The molecular formula is C24H16O2. The molecule has 0 bridgehead atoms. The zero-order valence-corrected chi connectivity index (χ0v) is 14.2. The first-order valence-corrected chi connectivity index (χ1v) is 8.91. The topological polar surface area (TPSA) is 18.5 Å². The molecular weight excluding hydrogens is 320 g/mol. The van der Waals surface area contributed by atoms with Crippen LogP contribution in [0.2, 0.25) is 0 Å². The second-order valence-corrected chi connectivity index (χ2v) is 6.90. The van der Waals surface area contributed by atoms with E-state index in [0.29, 0.717) is 13.2 Å². The third-order valence-electron chi connectivity index (χ3n) is 5.44. The smallest absolute Gasteiger partial charge is 0.128 e. The summed E-state index contributed by atoms with van der Waals surface area (Å²) in [4.78, 5) is 0. The molecule has 0 spiro atoms. The average Bonchev–Trinajstić information content (AvgIpc) is 2.71. The predicted molar refractivity (Wildman–Crippen MR) is 103 cm³/mol. The SMILES string of the molecule is c1ccc2c(c1)COc1cc3c4c(ccc3cc1-2)OCc1ccccc1-4. The van der Waals surface area contributed by atoms with Gasteiger partial charge >= 0.3 is 0 Å². The molecule has 2 aliphatic rings. The standard InChI is InChI=1S/C24H16O2/c1-3-7-18-16(5-1)13-26-23-12-20-15(11-21(18)23)9-10-22-24(20)19-8-4-2-6-17(19)14-25-22/h1-12H,13-14H2. The third kappa shape index (κ3) is 1.87. The van der Waals surface area contributed by atoms with Crippen molar-refractivity contribution < 1.29 is 9.47 Å². The van der Waals surface area contributed by atoms with Crippen LogP contribution in [-0.2, 0) is 13.2 Å².